The van der Waals surface area contributed by atoms with Crippen molar-refractivity contribution in [3.05, 3.63) is 35.4 Å². The molecule has 14 heavy (non-hydrogen) atoms. The Balaban J connectivity index is 0.000000980. The molecule has 2 rings (SSSR count). The maximum absolute atomic E-state index is 2.39. The van der Waals surface area contributed by atoms with Crippen molar-refractivity contribution in [3.63, 3.8) is 0 Å². The second-order valence-electron chi connectivity index (χ2n) is 4.32. The lowest BCUT2D eigenvalue weighted by molar-refractivity contribution is 0.363. The van der Waals surface area contributed by atoms with Gasteiger partial charge >= 0.3 is 0 Å². The third-order valence-corrected chi connectivity index (χ3v) is 3.53. The Morgan fingerprint density at radius 2 is 1.71 bits per heavy atom. The molecule has 1 aromatic carbocycles. The summed E-state index contributed by atoms with van der Waals surface area (Å²) in [5.41, 5.74) is 3.18. The van der Waals surface area contributed by atoms with E-state index in [1.165, 1.54) is 19.3 Å². The lowest BCUT2D eigenvalue weighted by Crippen LogP contribution is -2.10. The van der Waals surface area contributed by atoms with Crippen molar-refractivity contribution in [2.45, 2.75) is 40.5 Å². The van der Waals surface area contributed by atoms with Crippen molar-refractivity contribution in [1.82, 2.24) is 0 Å². The maximum Gasteiger partial charge on any atom is -0.0242 e. The molecule has 0 radical (unpaired) electrons. The van der Waals surface area contributed by atoms with Gasteiger partial charge in [-0.25, -0.2) is 0 Å². The molecule has 0 nitrogen and oxygen atoms in total. The minimum Gasteiger partial charge on any atom is -0.0776 e. The van der Waals surface area contributed by atoms with Crippen molar-refractivity contribution in [2.75, 3.05) is 0 Å². The van der Waals surface area contributed by atoms with Crippen LogP contribution >= 0.6 is 0 Å². The van der Waals surface area contributed by atoms with E-state index in [2.05, 4.69) is 38.1 Å². The van der Waals surface area contributed by atoms with Crippen LogP contribution in [0.2, 0.25) is 0 Å². The van der Waals surface area contributed by atoms with Crippen molar-refractivity contribution < 1.29 is 0 Å². The minimum absolute atomic E-state index is 0. The van der Waals surface area contributed by atoms with Gasteiger partial charge < -0.3 is 0 Å². The summed E-state index contributed by atoms with van der Waals surface area (Å²) >= 11 is 0. The van der Waals surface area contributed by atoms with Crippen molar-refractivity contribution >= 4 is 0 Å². The van der Waals surface area contributed by atoms with Crippen LogP contribution in [-0.4, -0.2) is 0 Å². The first-order chi connectivity index (χ1) is 6.31. The van der Waals surface area contributed by atoms with E-state index in [1.54, 1.807) is 11.1 Å². The molecule has 0 amide bonds. The Kier molecular flexibility index (Phi) is 3.74. The molecule has 0 aromatic heterocycles. The summed E-state index contributed by atoms with van der Waals surface area (Å²) < 4.78 is 0. The van der Waals surface area contributed by atoms with Crippen LogP contribution < -0.4 is 0 Å². The minimum atomic E-state index is 0. The van der Waals surface area contributed by atoms with E-state index in [9.17, 15) is 0 Å². The Labute approximate surface area is 88.4 Å². The maximum atomic E-state index is 2.39. The van der Waals surface area contributed by atoms with Gasteiger partial charge in [-0.15, -0.1) is 0 Å². The summed E-state index contributed by atoms with van der Waals surface area (Å²) in [5, 5.41) is 0. The lowest BCUT2D eigenvalue weighted by atomic mass is 9.89. The van der Waals surface area contributed by atoms with Crippen molar-refractivity contribution in [2.24, 2.45) is 11.8 Å². The first kappa shape index (κ1) is 11.3. The normalized spacial score (nSPS) is 17.3. The lowest BCUT2D eigenvalue weighted by Gasteiger charge is -2.16. The molecule has 1 unspecified atom stereocenters. The molecule has 0 fully saturated rings. The number of hydrogen-bond acceptors (Lipinski definition) is 0. The fourth-order valence-electron chi connectivity index (χ4n) is 2.33. The van der Waals surface area contributed by atoms with Gasteiger partial charge in [0.2, 0.25) is 0 Å². The standard InChI is InChI=1S/C13H18.CH4/c1-3-10(2)13-8-11-6-4-5-7-12(11)9-13;/h4-7,10,13H,3,8-9H2,1-2H3;1H4. The summed E-state index contributed by atoms with van der Waals surface area (Å²) in [5.74, 6) is 1.79. The topological polar surface area (TPSA) is 0 Å². The van der Waals surface area contributed by atoms with Crippen LogP contribution in [0, 0.1) is 11.8 Å². The fraction of sp³-hybridized carbons (Fsp3) is 0.571. The molecule has 0 heteroatoms. The Morgan fingerprint density at radius 1 is 1.21 bits per heavy atom. The van der Waals surface area contributed by atoms with E-state index >= 15 is 0 Å². The van der Waals surface area contributed by atoms with Crippen molar-refractivity contribution in [1.29, 1.82) is 0 Å². The van der Waals surface area contributed by atoms with Gasteiger partial charge in [-0.05, 0) is 35.8 Å². The van der Waals surface area contributed by atoms with Crippen LogP contribution in [0.3, 0.4) is 0 Å². The molecule has 0 N–H and O–H groups in total. The highest BCUT2D eigenvalue weighted by Crippen LogP contribution is 2.32. The predicted octanol–water partition coefficient (Wildman–Crippen LogP) is 4.08. The van der Waals surface area contributed by atoms with E-state index < -0.39 is 0 Å². The van der Waals surface area contributed by atoms with Crippen molar-refractivity contribution in [3.8, 4) is 0 Å². The Hall–Kier alpha value is -0.780. The smallest absolute Gasteiger partial charge is 0.0242 e. The largest absolute Gasteiger partial charge is 0.0776 e. The average molecular weight is 190 g/mol. The van der Waals surface area contributed by atoms with Gasteiger partial charge in [0.05, 0.1) is 0 Å². The van der Waals surface area contributed by atoms with Crippen LogP contribution in [0.4, 0.5) is 0 Å². The van der Waals surface area contributed by atoms with E-state index in [1.807, 2.05) is 0 Å². The zero-order valence-electron chi connectivity index (χ0n) is 8.59. The second kappa shape index (κ2) is 4.63. The van der Waals surface area contributed by atoms with Crippen LogP contribution in [0.25, 0.3) is 0 Å². The molecular weight excluding hydrogens is 168 g/mol. The zero-order chi connectivity index (χ0) is 9.26. The van der Waals surface area contributed by atoms with Crippen LogP contribution in [0.5, 0.6) is 0 Å². The Morgan fingerprint density at radius 3 is 2.14 bits per heavy atom. The molecule has 0 bridgehead atoms. The molecule has 0 saturated carbocycles. The summed E-state index contributed by atoms with van der Waals surface area (Å²) in [6.07, 6.45) is 3.94. The van der Waals surface area contributed by atoms with Gasteiger partial charge in [-0.2, -0.15) is 0 Å². The van der Waals surface area contributed by atoms with Gasteiger partial charge in [0.1, 0.15) is 0 Å². The molecule has 0 heterocycles. The van der Waals surface area contributed by atoms with E-state index in [0.29, 0.717) is 0 Å². The van der Waals surface area contributed by atoms with Crippen LogP contribution in [0.15, 0.2) is 24.3 Å². The third-order valence-electron chi connectivity index (χ3n) is 3.53. The summed E-state index contributed by atoms with van der Waals surface area (Å²) in [6, 6.07) is 8.91. The number of hydrogen-bond donors (Lipinski definition) is 0. The van der Waals surface area contributed by atoms with Crippen LogP contribution in [0.1, 0.15) is 38.8 Å². The molecular formula is C14H22. The monoisotopic (exact) mass is 190 g/mol. The highest BCUT2D eigenvalue weighted by atomic mass is 14.3. The van der Waals surface area contributed by atoms with Gasteiger partial charge in [-0.3, -0.25) is 0 Å². The Bertz CT molecular complexity index is 263. The molecule has 0 aliphatic heterocycles. The van der Waals surface area contributed by atoms with E-state index in [0.717, 1.165) is 11.8 Å². The molecule has 1 atom stereocenters. The fourth-order valence-corrected chi connectivity index (χ4v) is 2.33. The highest BCUT2D eigenvalue weighted by Gasteiger charge is 2.24. The van der Waals surface area contributed by atoms with E-state index in [4.69, 9.17) is 0 Å². The molecule has 1 aliphatic rings. The average Bonchev–Trinajstić information content (AvgIpc) is 2.59. The molecule has 1 aromatic rings. The molecule has 78 valence electrons. The number of benzene rings is 1. The SMILES string of the molecule is C.CCC(C)C1Cc2ccccc2C1. The molecule has 0 saturated heterocycles. The number of fused-ring (bicyclic) bond motifs is 1. The third kappa shape index (κ3) is 2.00. The van der Waals surface area contributed by atoms with Crippen LogP contribution in [-0.2, 0) is 12.8 Å². The first-order valence-corrected chi connectivity index (χ1v) is 5.38. The summed E-state index contributed by atoms with van der Waals surface area (Å²) in [7, 11) is 0. The van der Waals surface area contributed by atoms with E-state index in [-0.39, 0.29) is 7.43 Å². The van der Waals surface area contributed by atoms with Gasteiger partial charge in [0.25, 0.3) is 0 Å². The van der Waals surface area contributed by atoms with Gasteiger partial charge in [0.15, 0.2) is 0 Å². The summed E-state index contributed by atoms with van der Waals surface area (Å²) in [4.78, 5) is 0. The zero-order valence-corrected chi connectivity index (χ0v) is 8.59. The number of rotatable bonds is 2. The van der Waals surface area contributed by atoms with Gasteiger partial charge in [-0.1, -0.05) is 52.0 Å². The predicted molar refractivity (Wildman–Crippen MR) is 63.5 cm³/mol. The first-order valence-electron chi connectivity index (χ1n) is 5.38. The molecule has 0 spiro atoms. The second-order valence-corrected chi connectivity index (χ2v) is 4.32. The van der Waals surface area contributed by atoms with Gasteiger partial charge in [0, 0.05) is 0 Å². The highest BCUT2D eigenvalue weighted by molar-refractivity contribution is 5.32. The summed E-state index contributed by atoms with van der Waals surface area (Å²) in [6.45, 7) is 4.68. The molecule has 1 aliphatic carbocycles. The quantitative estimate of drug-likeness (QED) is 0.659.